The second kappa shape index (κ2) is 7.26. The van der Waals surface area contributed by atoms with Crippen LogP contribution in [0.5, 0.6) is 0 Å². The van der Waals surface area contributed by atoms with E-state index >= 15 is 0 Å². The Morgan fingerprint density at radius 3 is 2.79 bits per heavy atom. The largest absolute Gasteiger partial charge is 0.481 e. The van der Waals surface area contributed by atoms with Crippen LogP contribution in [0.1, 0.15) is 69.5 Å². The Bertz CT molecular complexity index is 372. The molecule has 2 rings (SSSR count). The number of carboxylic acids is 1. The van der Waals surface area contributed by atoms with E-state index in [4.69, 9.17) is 4.52 Å². The molecule has 0 bridgehead atoms. The first kappa shape index (κ1) is 14.0. The number of aromatic nitrogens is 2. The van der Waals surface area contributed by atoms with Gasteiger partial charge in [-0.1, -0.05) is 51.4 Å². The van der Waals surface area contributed by atoms with Gasteiger partial charge in [-0.25, -0.2) is 0 Å². The van der Waals surface area contributed by atoms with Crippen molar-refractivity contribution in [2.24, 2.45) is 5.92 Å². The number of carboxylic acid groups (broad SMARTS) is 1. The zero-order chi connectivity index (χ0) is 13.5. The molecule has 19 heavy (non-hydrogen) atoms. The fourth-order valence-corrected chi connectivity index (χ4v) is 2.97. The lowest BCUT2D eigenvalue weighted by Crippen LogP contribution is -2.11. The van der Waals surface area contributed by atoms with Gasteiger partial charge in [0.2, 0.25) is 0 Å². The van der Waals surface area contributed by atoms with Gasteiger partial charge in [-0.05, 0) is 12.3 Å². The number of carbonyl (C=O) groups is 1. The topological polar surface area (TPSA) is 76.2 Å². The van der Waals surface area contributed by atoms with E-state index < -0.39 is 11.9 Å². The summed E-state index contributed by atoms with van der Waals surface area (Å²) in [6, 6.07) is 0. The molecule has 1 saturated carbocycles. The highest BCUT2D eigenvalue weighted by atomic mass is 16.5. The number of hydrogen-bond donors (Lipinski definition) is 1. The summed E-state index contributed by atoms with van der Waals surface area (Å²) in [5, 5.41) is 16.1. The summed E-state index contributed by atoms with van der Waals surface area (Å²) in [5.74, 6) is -0.216. The Kier molecular flexibility index (Phi) is 5.36. The van der Waals surface area contributed by atoms with Gasteiger partial charge in [-0.3, -0.25) is 4.79 Å². The predicted octanol–water partition coefficient (Wildman–Crippen LogP) is 3.38. The van der Waals surface area contributed by atoms with E-state index in [1.54, 1.807) is 0 Å². The Balaban J connectivity index is 1.69. The highest BCUT2D eigenvalue weighted by Crippen LogP contribution is 2.29. The second-order valence-electron chi connectivity index (χ2n) is 5.50. The van der Waals surface area contributed by atoms with Gasteiger partial charge in [-0.15, -0.1) is 5.10 Å². The maximum absolute atomic E-state index is 11.2. The van der Waals surface area contributed by atoms with Crippen molar-refractivity contribution in [1.82, 2.24) is 10.4 Å². The van der Waals surface area contributed by atoms with Crippen LogP contribution in [0.15, 0.2) is 10.7 Å². The Hall–Kier alpha value is -1.39. The summed E-state index contributed by atoms with van der Waals surface area (Å²) in [6.07, 6.45) is 12.1. The van der Waals surface area contributed by atoms with E-state index in [1.807, 2.05) is 0 Å². The van der Waals surface area contributed by atoms with E-state index in [0.717, 1.165) is 18.8 Å². The van der Waals surface area contributed by atoms with E-state index in [0.29, 0.717) is 12.2 Å². The monoisotopic (exact) mass is 266 g/mol. The third kappa shape index (κ3) is 4.33. The number of nitrogens with zero attached hydrogens (tertiary/aromatic N) is 2. The van der Waals surface area contributed by atoms with E-state index in [1.165, 1.54) is 44.7 Å². The minimum absolute atomic E-state index is 0.366. The fraction of sp³-hybridized carbons (Fsp3) is 0.786. The van der Waals surface area contributed by atoms with Crippen LogP contribution in [-0.2, 0) is 4.79 Å². The van der Waals surface area contributed by atoms with Gasteiger partial charge < -0.3 is 9.63 Å². The van der Waals surface area contributed by atoms with E-state index in [9.17, 15) is 9.90 Å². The molecule has 1 aliphatic carbocycles. The van der Waals surface area contributed by atoms with Gasteiger partial charge in [0.05, 0.1) is 6.20 Å². The van der Waals surface area contributed by atoms with Crippen molar-refractivity contribution >= 4 is 5.97 Å². The molecule has 1 atom stereocenters. The van der Waals surface area contributed by atoms with Crippen LogP contribution in [0.3, 0.4) is 0 Å². The van der Waals surface area contributed by atoms with E-state index in [-0.39, 0.29) is 0 Å². The standard InChI is InChI=1S/C14H22N2O3/c17-14(18)12(13-10-15-16-19-13)9-5-4-8-11-6-2-1-3-7-11/h10-12H,1-9H2,(H,17,18). The van der Waals surface area contributed by atoms with Crippen LogP contribution in [0.4, 0.5) is 0 Å². The first-order valence-corrected chi connectivity index (χ1v) is 7.27. The molecule has 1 aromatic rings. The summed E-state index contributed by atoms with van der Waals surface area (Å²) >= 11 is 0. The second-order valence-corrected chi connectivity index (χ2v) is 5.50. The van der Waals surface area contributed by atoms with Crippen molar-refractivity contribution in [2.75, 3.05) is 0 Å². The maximum Gasteiger partial charge on any atom is 0.314 e. The van der Waals surface area contributed by atoms with Gasteiger partial charge in [-0.2, -0.15) is 0 Å². The van der Waals surface area contributed by atoms with Crippen molar-refractivity contribution in [1.29, 1.82) is 0 Å². The van der Waals surface area contributed by atoms with Crippen LogP contribution in [-0.4, -0.2) is 21.4 Å². The van der Waals surface area contributed by atoms with Crippen molar-refractivity contribution in [2.45, 2.75) is 63.7 Å². The van der Waals surface area contributed by atoms with Crippen molar-refractivity contribution in [3.05, 3.63) is 12.0 Å². The molecule has 0 aromatic carbocycles. The number of hydrogen-bond acceptors (Lipinski definition) is 4. The van der Waals surface area contributed by atoms with Gasteiger partial charge in [0.15, 0.2) is 5.76 Å². The Morgan fingerprint density at radius 1 is 1.37 bits per heavy atom. The zero-order valence-corrected chi connectivity index (χ0v) is 11.3. The maximum atomic E-state index is 11.2. The molecule has 0 amide bonds. The number of aliphatic carboxylic acids is 1. The fourth-order valence-electron chi connectivity index (χ4n) is 2.97. The summed E-state index contributed by atoms with van der Waals surface area (Å²) in [7, 11) is 0. The average molecular weight is 266 g/mol. The molecule has 1 unspecified atom stereocenters. The molecule has 1 fully saturated rings. The van der Waals surface area contributed by atoms with Crippen molar-refractivity contribution in [3.8, 4) is 0 Å². The summed E-state index contributed by atoms with van der Waals surface area (Å²) in [5.41, 5.74) is 0. The Morgan fingerprint density at radius 2 is 2.16 bits per heavy atom. The molecule has 5 nitrogen and oxygen atoms in total. The molecular weight excluding hydrogens is 244 g/mol. The van der Waals surface area contributed by atoms with Gasteiger partial charge in [0.25, 0.3) is 0 Å². The minimum atomic E-state index is -0.851. The molecule has 0 aliphatic heterocycles. The van der Waals surface area contributed by atoms with Crippen LogP contribution in [0, 0.1) is 5.92 Å². The molecule has 5 heteroatoms. The quantitative estimate of drug-likeness (QED) is 0.765. The molecule has 0 radical (unpaired) electrons. The minimum Gasteiger partial charge on any atom is -0.481 e. The molecule has 1 N–H and O–H groups in total. The van der Waals surface area contributed by atoms with Crippen LogP contribution in [0.2, 0.25) is 0 Å². The summed E-state index contributed by atoms with van der Waals surface area (Å²) in [4.78, 5) is 11.2. The molecule has 1 aliphatic rings. The van der Waals surface area contributed by atoms with Crippen LogP contribution < -0.4 is 0 Å². The molecule has 1 heterocycles. The third-order valence-corrected chi connectivity index (χ3v) is 4.10. The van der Waals surface area contributed by atoms with Crippen molar-refractivity contribution in [3.63, 3.8) is 0 Å². The summed E-state index contributed by atoms with van der Waals surface area (Å²) in [6.45, 7) is 0. The first-order valence-electron chi connectivity index (χ1n) is 7.27. The average Bonchev–Trinajstić information content (AvgIpc) is 2.93. The molecular formula is C14H22N2O3. The predicted molar refractivity (Wildman–Crippen MR) is 69.7 cm³/mol. The highest BCUT2D eigenvalue weighted by molar-refractivity contribution is 5.74. The van der Waals surface area contributed by atoms with Crippen LogP contribution in [0.25, 0.3) is 0 Å². The normalized spacial score (nSPS) is 18.3. The number of unbranched alkanes of at least 4 members (excludes halogenated alkanes) is 1. The molecule has 0 spiro atoms. The van der Waals surface area contributed by atoms with Gasteiger partial charge in [0, 0.05) is 5.27 Å². The highest BCUT2D eigenvalue weighted by Gasteiger charge is 2.23. The van der Waals surface area contributed by atoms with Gasteiger partial charge in [0.1, 0.15) is 5.92 Å². The van der Waals surface area contributed by atoms with E-state index in [2.05, 4.69) is 10.4 Å². The molecule has 106 valence electrons. The van der Waals surface area contributed by atoms with Crippen LogP contribution >= 0.6 is 0 Å². The zero-order valence-electron chi connectivity index (χ0n) is 11.3. The first-order chi connectivity index (χ1) is 9.27. The lowest BCUT2D eigenvalue weighted by Gasteiger charge is -2.21. The molecule has 1 aromatic heterocycles. The lowest BCUT2D eigenvalue weighted by atomic mass is 9.85. The van der Waals surface area contributed by atoms with Gasteiger partial charge >= 0.3 is 5.97 Å². The SMILES string of the molecule is O=C(O)C(CCCCC1CCCCC1)c1cnno1. The smallest absolute Gasteiger partial charge is 0.314 e. The van der Waals surface area contributed by atoms with Crippen molar-refractivity contribution < 1.29 is 14.4 Å². The Labute approximate surface area is 113 Å². The number of rotatable bonds is 7. The summed E-state index contributed by atoms with van der Waals surface area (Å²) < 4.78 is 4.86. The lowest BCUT2D eigenvalue weighted by molar-refractivity contribution is -0.139. The molecule has 0 saturated heterocycles. The third-order valence-electron chi connectivity index (χ3n) is 4.10.